The van der Waals surface area contributed by atoms with Gasteiger partial charge in [0.1, 0.15) is 4.47 Å². The SMILES string of the molecule is COCc1[nH]n(-c2ccc(Br)cc2)c(=O)c1Br. The van der Waals surface area contributed by atoms with Gasteiger partial charge in [0, 0.05) is 11.6 Å². The number of hydrogen-bond donors (Lipinski definition) is 1. The zero-order valence-electron chi connectivity index (χ0n) is 9.04. The summed E-state index contributed by atoms with van der Waals surface area (Å²) in [5, 5.41) is 3.00. The van der Waals surface area contributed by atoms with Gasteiger partial charge in [-0.25, -0.2) is 4.68 Å². The van der Waals surface area contributed by atoms with Crippen LogP contribution in [0.4, 0.5) is 0 Å². The highest BCUT2D eigenvalue weighted by Crippen LogP contribution is 2.16. The summed E-state index contributed by atoms with van der Waals surface area (Å²) in [7, 11) is 1.59. The van der Waals surface area contributed by atoms with E-state index >= 15 is 0 Å². The minimum atomic E-state index is -0.126. The number of rotatable bonds is 3. The van der Waals surface area contributed by atoms with E-state index in [1.54, 1.807) is 7.11 Å². The molecule has 1 heterocycles. The fraction of sp³-hybridized carbons (Fsp3) is 0.182. The quantitative estimate of drug-likeness (QED) is 0.913. The summed E-state index contributed by atoms with van der Waals surface area (Å²) in [4.78, 5) is 12.0. The van der Waals surface area contributed by atoms with Crippen molar-refractivity contribution in [1.29, 1.82) is 0 Å². The lowest BCUT2D eigenvalue weighted by atomic mass is 10.3. The van der Waals surface area contributed by atoms with Gasteiger partial charge in [0.2, 0.25) is 0 Å². The molecule has 2 rings (SSSR count). The first kappa shape index (κ1) is 12.6. The second kappa shape index (κ2) is 5.20. The number of benzene rings is 1. The third-order valence-electron chi connectivity index (χ3n) is 2.28. The Hall–Kier alpha value is -0.850. The topological polar surface area (TPSA) is 47.0 Å². The monoisotopic (exact) mass is 360 g/mol. The van der Waals surface area contributed by atoms with E-state index in [2.05, 4.69) is 37.0 Å². The lowest BCUT2D eigenvalue weighted by Gasteiger charge is -2.01. The maximum absolute atomic E-state index is 12.0. The van der Waals surface area contributed by atoms with Gasteiger partial charge >= 0.3 is 0 Å². The first-order valence-electron chi connectivity index (χ1n) is 4.87. The van der Waals surface area contributed by atoms with Crippen LogP contribution in [-0.2, 0) is 11.3 Å². The summed E-state index contributed by atoms with van der Waals surface area (Å²) in [6, 6.07) is 7.47. The van der Waals surface area contributed by atoms with Crippen LogP contribution in [0.15, 0.2) is 38.0 Å². The van der Waals surface area contributed by atoms with Crippen LogP contribution in [0, 0.1) is 0 Å². The van der Waals surface area contributed by atoms with E-state index < -0.39 is 0 Å². The number of aromatic amines is 1. The van der Waals surface area contributed by atoms with E-state index in [1.807, 2.05) is 24.3 Å². The lowest BCUT2D eigenvalue weighted by molar-refractivity contribution is 0.180. The fourth-order valence-corrected chi connectivity index (χ4v) is 2.12. The maximum atomic E-state index is 12.0. The number of halogens is 2. The Morgan fingerprint density at radius 2 is 1.94 bits per heavy atom. The van der Waals surface area contributed by atoms with Crippen LogP contribution in [0.25, 0.3) is 5.69 Å². The first-order valence-corrected chi connectivity index (χ1v) is 6.46. The average Bonchev–Trinajstić information content (AvgIpc) is 2.59. The molecule has 0 unspecified atom stereocenters. The number of H-pyrrole nitrogens is 1. The number of ether oxygens (including phenoxy) is 1. The van der Waals surface area contributed by atoms with Gasteiger partial charge in [0.15, 0.2) is 0 Å². The summed E-state index contributed by atoms with van der Waals surface area (Å²) < 4.78 is 7.96. The van der Waals surface area contributed by atoms with Crippen molar-refractivity contribution in [3.05, 3.63) is 49.3 Å². The van der Waals surface area contributed by atoms with Crippen molar-refractivity contribution in [3.63, 3.8) is 0 Å². The van der Waals surface area contributed by atoms with Crippen LogP contribution in [0.1, 0.15) is 5.69 Å². The highest BCUT2D eigenvalue weighted by Gasteiger charge is 2.12. The molecule has 0 aliphatic heterocycles. The predicted octanol–water partition coefficient (Wildman–Crippen LogP) is 2.84. The summed E-state index contributed by atoms with van der Waals surface area (Å²) in [5.41, 5.74) is 1.38. The van der Waals surface area contributed by atoms with Crippen molar-refractivity contribution in [2.45, 2.75) is 6.61 Å². The molecule has 4 nitrogen and oxygen atoms in total. The number of hydrogen-bond acceptors (Lipinski definition) is 2. The van der Waals surface area contributed by atoms with Gasteiger partial charge in [-0.1, -0.05) is 15.9 Å². The van der Waals surface area contributed by atoms with Gasteiger partial charge in [-0.2, -0.15) is 0 Å². The molecule has 1 aromatic carbocycles. The molecule has 0 aliphatic carbocycles. The Morgan fingerprint density at radius 1 is 1.29 bits per heavy atom. The third kappa shape index (κ3) is 2.53. The highest BCUT2D eigenvalue weighted by molar-refractivity contribution is 9.10. The fourth-order valence-electron chi connectivity index (χ4n) is 1.47. The molecule has 0 saturated carbocycles. The van der Waals surface area contributed by atoms with E-state index in [1.165, 1.54) is 4.68 Å². The maximum Gasteiger partial charge on any atom is 0.285 e. The van der Waals surface area contributed by atoms with Gasteiger partial charge in [-0.3, -0.25) is 9.89 Å². The van der Waals surface area contributed by atoms with Gasteiger partial charge in [0.05, 0.1) is 18.0 Å². The summed E-state index contributed by atoms with van der Waals surface area (Å²) in [6.45, 7) is 0.360. The molecule has 1 N–H and O–H groups in total. The Kier molecular flexibility index (Phi) is 3.86. The molecule has 17 heavy (non-hydrogen) atoms. The Morgan fingerprint density at radius 3 is 2.53 bits per heavy atom. The van der Waals surface area contributed by atoms with E-state index in [4.69, 9.17) is 4.74 Å². The van der Waals surface area contributed by atoms with Gasteiger partial charge in [0.25, 0.3) is 5.56 Å². The van der Waals surface area contributed by atoms with Crippen molar-refractivity contribution in [2.24, 2.45) is 0 Å². The Bertz CT molecular complexity index is 572. The summed E-state index contributed by atoms with van der Waals surface area (Å²) >= 11 is 6.61. The summed E-state index contributed by atoms with van der Waals surface area (Å²) in [6.07, 6.45) is 0. The minimum absolute atomic E-state index is 0.126. The zero-order valence-corrected chi connectivity index (χ0v) is 12.2. The van der Waals surface area contributed by atoms with E-state index in [-0.39, 0.29) is 5.56 Å². The largest absolute Gasteiger partial charge is 0.378 e. The number of aromatic nitrogens is 2. The molecule has 0 saturated heterocycles. The van der Waals surface area contributed by atoms with Gasteiger partial charge in [-0.05, 0) is 40.2 Å². The summed E-state index contributed by atoms with van der Waals surface area (Å²) in [5.74, 6) is 0. The molecule has 0 spiro atoms. The van der Waals surface area contributed by atoms with Crippen molar-refractivity contribution < 1.29 is 4.74 Å². The van der Waals surface area contributed by atoms with Crippen molar-refractivity contribution >= 4 is 31.9 Å². The molecule has 0 atom stereocenters. The molecule has 0 aliphatic rings. The highest BCUT2D eigenvalue weighted by atomic mass is 79.9. The van der Waals surface area contributed by atoms with Gasteiger partial charge in [-0.15, -0.1) is 0 Å². The molecule has 0 bridgehead atoms. The molecular formula is C11H10Br2N2O2. The molecule has 6 heteroatoms. The average molecular weight is 362 g/mol. The van der Waals surface area contributed by atoms with E-state index in [0.717, 1.165) is 15.9 Å². The zero-order chi connectivity index (χ0) is 12.4. The standard InChI is InChI=1S/C11H10Br2N2O2/c1-17-6-9-10(13)11(16)15(14-9)8-4-2-7(12)3-5-8/h2-5,14H,6H2,1H3. The smallest absolute Gasteiger partial charge is 0.285 e. The second-order valence-corrected chi connectivity index (χ2v) is 5.16. The van der Waals surface area contributed by atoms with Crippen LogP contribution < -0.4 is 5.56 Å². The Labute approximate surface area is 115 Å². The van der Waals surface area contributed by atoms with Crippen LogP contribution >= 0.6 is 31.9 Å². The normalized spacial score (nSPS) is 10.8. The van der Waals surface area contributed by atoms with Crippen LogP contribution in [0.5, 0.6) is 0 Å². The number of methoxy groups -OCH3 is 1. The molecule has 0 amide bonds. The molecule has 0 radical (unpaired) electrons. The molecule has 0 fully saturated rings. The van der Waals surface area contributed by atoms with Crippen LogP contribution in [-0.4, -0.2) is 16.9 Å². The van der Waals surface area contributed by atoms with E-state index in [0.29, 0.717) is 11.1 Å². The predicted molar refractivity (Wildman–Crippen MR) is 72.5 cm³/mol. The molecule has 90 valence electrons. The van der Waals surface area contributed by atoms with Crippen molar-refractivity contribution in [1.82, 2.24) is 9.78 Å². The van der Waals surface area contributed by atoms with Crippen LogP contribution in [0.2, 0.25) is 0 Å². The Balaban J connectivity index is 2.49. The number of nitrogens with one attached hydrogen (secondary N) is 1. The molecule has 1 aromatic heterocycles. The minimum Gasteiger partial charge on any atom is -0.378 e. The second-order valence-electron chi connectivity index (χ2n) is 3.45. The third-order valence-corrected chi connectivity index (χ3v) is 3.62. The first-order chi connectivity index (χ1) is 8.13. The lowest BCUT2D eigenvalue weighted by Crippen LogP contribution is -2.14. The molecular weight excluding hydrogens is 352 g/mol. The van der Waals surface area contributed by atoms with Gasteiger partial charge < -0.3 is 4.74 Å². The van der Waals surface area contributed by atoms with Crippen LogP contribution in [0.3, 0.4) is 0 Å². The van der Waals surface area contributed by atoms with Crippen molar-refractivity contribution in [3.8, 4) is 5.69 Å². The van der Waals surface area contributed by atoms with Crippen molar-refractivity contribution in [2.75, 3.05) is 7.11 Å². The van der Waals surface area contributed by atoms with E-state index in [9.17, 15) is 4.79 Å². The molecule has 2 aromatic rings. The number of nitrogens with zero attached hydrogens (tertiary/aromatic N) is 1.